The minimum Gasteiger partial charge on any atom is -0.472 e. The lowest BCUT2D eigenvalue weighted by molar-refractivity contribution is -0.138. The van der Waals surface area contributed by atoms with Crippen molar-refractivity contribution in [2.24, 2.45) is 17.6 Å². The van der Waals surface area contributed by atoms with Crippen LogP contribution in [0.1, 0.15) is 70.3 Å². The molecule has 2 aromatic carbocycles. The summed E-state index contributed by atoms with van der Waals surface area (Å²) in [7, 11) is -3.67. The van der Waals surface area contributed by atoms with Crippen molar-refractivity contribution in [3.63, 3.8) is 0 Å². The molecule has 1 saturated heterocycles. The molecule has 1 unspecified atom stereocenters. The molecule has 15 heteroatoms. The summed E-state index contributed by atoms with van der Waals surface area (Å²) < 4.78 is 72.9. The van der Waals surface area contributed by atoms with Gasteiger partial charge < -0.3 is 20.7 Å². The number of anilines is 1. The summed E-state index contributed by atoms with van der Waals surface area (Å²) in [5.41, 5.74) is 5.01. The van der Waals surface area contributed by atoms with E-state index in [-0.39, 0.29) is 36.9 Å². The van der Waals surface area contributed by atoms with Gasteiger partial charge in [-0.2, -0.15) is 13.2 Å². The molecule has 53 heavy (non-hydrogen) atoms. The van der Waals surface area contributed by atoms with E-state index in [2.05, 4.69) is 15.0 Å². The van der Waals surface area contributed by atoms with Crippen molar-refractivity contribution in [3.05, 3.63) is 78.5 Å². The van der Waals surface area contributed by atoms with Crippen molar-refractivity contribution in [2.75, 3.05) is 11.9 Å². The molecule has 5 atom stereocenters. The van der Waals surface area contributed by atoms with Gasteiger partial charge in [-0.25, -0.2) is 13.4 Å². The molecule has 2 heterocycles. The van der Waals surface area contributed by atoms with Crippen molar-refractivity contribution < 1.29 is 40.7 Å². The monoisotopic (exact) mass is 755 g/mol. The van der Waals surface area contributed by atoms with Gasteiger partial charge >= 0.3 is 6.18 Å². The van der Waals surface area contributed by atoms with Crippen molar-refractivity contribution in [3.8, 4) is 5.88 Å². The second kappa shape index (κ2) is 15.4. The number of likely N-dealkylation sites (tertiary alicyclic amines) is 1. The molecular formula is C38H44F3N5O6S. The molecule has 0 radical (unpaired) electrons. The Morgan fingerprint density at radius 3 is 2.58 bits per heavy atom. The number of ether oxygens (including phenoxy) is 1. The van der Waals surface area contributed by atoms with Crippen molar-refractivity contribution >= 4 is 44.2 Å². The number of unbranched alkanes of at least 4 members (excludes halogenated alkanes) is 3. The second-order valence-corrected chi connectivity index (χ2v) is 16.7. The fraction of sp³-hybridized carbons (Fsp3) is 0.474. The zero-order valence-corrected chi connectivity index (χ0v) is 30.2. The van der Waals surface area contributed by atoms with Crippen LogP contribution < -0.4 is 20.5 Å². The molecule has 3 aromatic rings. The largest absolute Gasteiger partial charge is 0.472 e. The van der Waals surface area contributed by atoms with Gasteiger partial charge in [-0.05, 0) is 87.1 Å². The summed E-state index contributed by atoms with van der Waals surface area (Å²) in [6, 6.07) is 12.0. The van der Waals surface area contributed by atoms with E-state index in [0.29, 0.717) is 44.4 Å². The predicted octanol–water partition coefficient (Wildman–Crippen LogP) is 5.71. The summed E-state index contributed by atoms with van der Waals surface area (Å²) in [5, 5.41) is 4.67. The number of nitrogens with one attached hydrogen (secondary N) is 2. The Hall–Kier alpha value is -4.66. The number of allylic oxidation sites excluding steroid dienone is 2. The van der Waals surface area contributed by atoms with Crippen LogP contribution in [0.15, 0.2) is 72.9 Å². The molecule has 3 amide bonds. The summed E-state index contributed by atoms with van der Waals surface area (Å²) in [6.07, 6.45) is 5.11. The van der Waals surface area contributed by atoms with Crippen molar-refractivity contribution in [1.29, 1.82) is 0 Å². The van der Waals surface area contributed by atoms with Gasteiger partial charge in [0, 0.05) is 29.6 Å². The highest BCUT2D eigenvalue weighted by atomic mass is 32.2. The maximum Gasteiger partial charge on any atom is 0.416 e. The van der Waals surface area contributed by atoms with E-state index in [1.807, 2.05) is 42.5 Å². The maximum absolute atomic E-state index is 14.1. The number of amides is 3. The normalized spacial score (nSPS) is 22.8. The van der Waals surface area contributed by atoms with Crippen LogP contribution in [-0.4, -0.2) is 65.5 Å². The fourth-order valence-corrected chi connectivity index (χ4v) is 8.05. The van der Waals surface area contributed by atoms with E-state index in [1.165, 1.54) is 17.0 Å². The lowest BCUT2D eigenvalue weighted by Gasteiger charge is -2.28. The van der Waals surface area contributed by atoms with Crippen LogP contribution in [0.3, 0.4) is 0 Å². The molecular weight excluding hydrogens is 712 g/mol. The number of carbonyl (C=O) groups is 3. The van der Waals surface area contributed by atoms with Gasteiger partial charge in [0.05, 0.1) is 16.9 Å². The number of nitrogens with zero attached hydrogens (tertiary/aromatic N) is 2. The van der Waals surface area contributed by atoms with Gasteiger partial charge in [-0.3, -0.25) is 19.1 Å². The standard InChI is InChI=1S/C38H44F3N5O6S/c1-37(17-18-37)53(50,51)45-34(48)30-20-25(30)11-5-3-2-4-6-15-31(44-27-13-9-12-26(21-27)38(39,40)41)36(49)46-23-28(22-32(46)33(42)47)52-35-29-14-8-7-10-24(29)16-19-43-35/h5,7-14,16,19,21,25,28,30-32,44H,2-4,6,15,17-18,20,22-23H2,1H3,(H2,42,47)(H,45,48)/b11-5-/t25-,28?,30+,31+,32+/m1/s1. The number of hydrogen-bond acceptors (Lipinski definition) is 8. The van der Waals surface area contributed by atoms with E-state index in [9.17, 15) is 36.0 Å². The van der Waals surface area contributed by atoms with Gasteiger partial charge in [0.25, 0.3) is 0 Å². The number of benzene rings is 2. The lowest BCUT2D eigenvalue weighted by atomic mass is 10.0. The van der Waals surface area contributed by atoms with E-state index >= 15 is 0 Å². The molecule has 4 N–H and O–H groups in total. The zero-order valence-electron chi connectivity index (χ0n) is 29.3. The third-order valence-electron chi connectivity index (χ3n) is 10.4. The zero-order chi connectivity index (χ0) is 38.0. The van der Waals surface area contributed by atoms with Gasteiger partial charge in [-0.1, -0.05) is 49.3 Å². The van der Waals surface area contributed by atoms with Crippen LogP contribution in [0.2, 0.25) is 0 Å². The second-order valence-electron chi connectivity index (χ2n) is 14.5. The van der Waals surface area contributed by atoms with Crippen LogP contribution in [-0.2, 0) is 30.6 Å². The van der Waals surface area contributed by atoms with Crippen LogP contribution in [0.5, 0.6) is 5.88 Å². The first kappa shape index (κ1) is 38.1. The van der Waals surface area contributed by atoms with E-state index < -0.39 is 62.4 Å². The van der Waals surface area contributed by atoms with E-state index in [0.717, 1.165) is 29.3 Å². The molecule has 1 aliphatic heterocycles. The number of primary amides is 1. The third-order valence-corrected chi connectivity index (χ3v) is 12.6. The molecule has 2 aliphatic carbocycles. The predicted molar refractivity (Wildman–Crippen MR) is 193 cm³/mol. The molecule has 0 bridgehead atoms. The summed E-state index contributed by atoms with van der Waals surface area (Å²) >= 11 is 0. The van der Waals surface area contributed by atoms with Crippen LogP contribution in [0.25, 0.3) is 10.8 Å². The number of sulfonamides is 1. The number of nitrogens with two attached hydrogens (primary N) is 1. The van der Waals surface area contributed by atoms with E-state index in [1.54, 1.807) is 13.1 Å². The molecule has 6 rings (SSSR count). The van der Waals surface area contributed by atoms with Crippen LogP contribution >= 0.6 is 0 Å². The highest BCUT2D eigenvalue weighted by Crippen LogP contribution is 2.44. The van der Waals surface area contributed by atoms with Gasteiger partial charge in [0.2, 0.25) is 33.6 Å². The highest BCUT2D eigenvalue weighted by Gasteiger charge is 2.52. The molecule has 1 aromatic heterocycles. The number of carbonyl (C=O) groups excluding carboxylic acids is 3. The first-order valence-corrected chi connectivity index (χ1v) is 19.4. The highest BCUT2D eigenvalue weighted by molar-refractivity contribution is 7.91. The molecule has 3 aliphatic rings. The SMILES string of the molecule is CC1(S(=O)(=O)NC(=O)[C@H]2C[C@H]2/C=C\CCCCC[C@H](Nc2cccc(C(F)(F)F)c2)C(=O)N2CC(Oc3nccc4ccccc34)C[C@H]2C(N)=O)CC1. The molecule has 0 spiro atoms. The lowest BCUT2D eigenvalue weighted by Crippen LogP contribution is -2.49. The molecule has 2 saturated carbocycles. The number of alkyl halides is 3. The van der Waals surface area contributed by atoms with E-state index in [4.69, 9.17) is 10.5 Å². The molecule has 11 nitrogen and oxygen atoms in total. The average molecular weight is 756 g/mol. The number of rotatable bonds is 16. The Kier molecular flexibility index (Phi) is 11.0. The maximum atomic E-state index is 14.1. The topological polar surface area (TPSA) is 161 Å². The molecule has 3 fully saturated rings. The first-order chi connectivity index (χ1) is 25.1. The Morgan fingerprint density at radius 1 is 1.08 bits per heavy atom. The number of aromatic nitrogens is 1. The van der Waals surface area contributed by atoms with Crippen LogP contribution in [0.4, 0.5) is 18.9 Å². The third kappa shape index (κ3) is 9.11. The minimum absolute atomic E-state index is 0.0151. The van der Waals surface area contributed by atoms with Crippen molar-refractivity contribution in [2.45, 2.75) is 93.8 Å². The Morgan fingerprint density at radius 2 is 1.85 bits per heavy atom. The fourth-order valence-electron chi connectivity index (χ4n) is 6.75. The number of hydrogen-bond donors (Lipinski definition) is 3. The number of pyridine rings is 1. The Bertz CT molecular complexity index is 1980. The Labute approximate surface area is 306 Å². The summed E-state index contributed by atoms with van der Waals surface area (Å²) in [5.74, 6) is -1.67. The quantitative estimate of drug-likeness (QED) is 0.124. The first-order valence-electron chi connectivity index (χ1n) is 17.9. The average Bonchev–Trinajstić information content (AvgIpc) is 4.03. The van der Waals surface area contributed by atoms with Crippen LogP contribution in [0, 0.1) is 11.8 Å². The minimum atomic E-state index is -4.58. The van der Waals surface area contributed by atoms with Gasteiger partial charge in [-0.15, -0.1) is 0 Å². The summed E-state index contributed by atoms with van der Waals surface area (Å²) in [4.78, 5) is 44.9. The number of halogens is 3. The smallest absolute Gasteiger partial charge is 0.416 e. The van der Waals surface area contributed by atoms with Crippen molar-refractivity contribution in [1.82, 2.24) is 14.6 Å². The number of fused-ring (bicyclic) bond motifs is 1. The summed E-state index contributed by atoms with van der Waals surface area (Å²) in [6.45, 7) is 1.67. The Balaban J connectivity index is 1.06. The van der Waals surface area contributed by atoms with Gasteiger partial charge in [0.15, 0.2) is 0 Å². The molecule has 284 valence electrons. The van der Waals surface area contributed by atoms with Gasteiger partial charge in [0.1, 0.15) is 18.2 Å².